The Morgan fingerprint density at radius 2 is 1.55 bits per heavy atom. The Balaban J connectivity index is 1.81. The Morgan fingerprint density at radius 1 is 0.968 bits per heavy atom. The molecule has 0 fully saturated rings. The molecule has 0 aliphatic rings. The molecule has 31 heavy (non-hydrogen) atoms. The maximum atomic E-state index is 13.0. The molecule has 0 radical (unpaired) electrons. The largest absolute Gasteiger partial charge is 0.451 e. The van der Waals surface area contributed by atoms with E-state index in [0.29, 0.717) is 5.56 Å². The van der Waals surface area contributed by atoms with Gasteiger partial charge < -0.3 is 15.4 Å². The van der Waals surface area contributed by atoms with E-state index in [1.165, 1.54) is 19.1 Å². The van der Waals surface area contributed by atoms with Crippen LogP contribution in [-0.2, 0) is 19.7 Å². The number of nitrogens with one attached hydrogen (secondary N) is 2. The highest BCUT2D eigenvalue weighted by Crippen LogP contribution is 2.22. The fraction of sp³-hybridized carbons (Fsp3) is 0.375. The summed E-state index contributed by atoms with van der Waals surface area (Å²) < 4.78 is 18.1. The van der Waals surface area contributed by atoms with E-state index < -0.39 is 23.9 Å². The third kappa shape index (κ3) is 7.20. The van der Waals surface area contributed by atoms with Gasteiger partial charge in [0.05, 0.1) is 6.04 Å². The molecule has 0 spiro atoms. The van der Waals surface area contributed by atoms with E-state index in [9.17, 15) is 18.8 Å². The number of esters is 1. The average molecular weight is 429 g/mol. The van der Waals surface area contributed by atoms with E-state index in [1.807, 2.05) is 12.1 Å². The molecular formula is C24H29FN2O4. The van der Waals surface area contributed by atoms with Gasteiger partial charge in [0.2, 0.25) is 0 Å². The van der Waals surface area contributed by atoms with E-state index in [1.54, 1.807) is 31.2 Å². The number of benzene rings is 2. The summed E-state index contributed by atoms with van der Waals surface area (Å²) in [4.78, 5) is 36.5. The summed E-state index contributed by atoms with van der Waals surface area (Å²) in [6.45, 7) is 9.06. The number of rotatable bonds is 7. The molecule has 0 aromatic heterocycles. The van der Waals surface area contributed by atoms with Crippen LogP contribution in [0.4, 0.5) is 4.39 Å². The lowest BCUT2D eigenvalue weighted by Crippen LogP contribution is -2.39. The number of hydrogen-bond acceptors (Lipinski definition) is 4. The normalized spacial score (nSPS) is 13.1. The van der Waals surface area contributed by atoms with Crippen LogP contribution < -0.4 is 10.6 Å². The number of carbonyl (C=O) groups is 3. The zero-order chi connectivity index (χ0) is 23.2. The Hall–Kier alpha value is -3.22. The molecule has 2 atom stereocenters. The molecule has 0 bridgehead atoms. The van der Waals surface area contributed by atoms with Gasteiger partial charge in [-0.3, -0.25) is 14.4 Å². The fourth-order valence-corrected chi connectivity index (χ4v) is 2.83. The van der Waals surface area contributed by atoms with E-state index >= 15 is 0 Å². The molecule has 2 N–H and O–H groups in total. The lowest BCUT2D eigenvalue weighted by molar-refractivity contribution is -0.154. The van der Waals surface area contributed by atoms with Crippen molar-refractivity contribution in [2.45, 2.75) is 52.2 Å². The zero-order valence-electron chi connectivity index (χ0n) is 18.5. The SMILES string of the molecule is CC(OC(=O)CNC(=O)c1ccc(C(C)(C)C)cc1)C(=O)NC(C)c1ccc(F)cc1. The second-order valence-electron chi connectivity index (χ2n) is 8.42. The van der Waals surface area contributed by atoms with Crippen LogP contribution in [0.5, 0.6) is 0 Å². The van der Waals surface area contributed by atoms with Gasteiger partial charge in [0.15, 0.2) is 6.10 Å². The van der Waals surface area contributed by atoms with Crippen LogP contribution in [0, 0.1) is 5.82 Å². The highest BCUT2D eigenvalue weighted by atomic mass is 19.1. The van der Waals surface area contributed by atoms with Crippen LogP contribution in [0.1, 0.15) is 62.1 Å². The van der Waals surface area contributed by atoms with Crippen LogP contribution in [-0.4, -0.2) is 30.4 Å². The molecule has 2 aromatic carbocycles. The molecule has 2 amide bonds. The minimum absolute atomic E-state index is 0.0241. The van der Waals surface area contributed by atoms with Crippen LogP contribution in [0.2, 0.25) is 0 Å². The molecule has 0 saturated heterocycles. The summed E-state index contributed by atoms with van der Waals surface area (Å²) in [6.07, 6.45) is -1.04. The number of halogens is 1. The zero-order valence-corrected chi connectivity index (χ0v) is 18.5. The Kier molecular flexibility index (Phi) is 7.91. The highest BCUT2D eigenvalue weighted by molar-refractivity contribution is 5.96. The predicted molar refractivity (Wildman–Crippen MR) is 116 cm³/mol. The van der Waals surface area contributed by atoms with Crippen molar-refractivity contribution in [1.82, 2.24) is 10.6 Å². The van der Waals surface area contributed by atoms with E-state index in [0.717, 1.165) is 11.1 Å². The van der Waals surface area contributed by atoms with Crippen molar-refractivity contribution in [2.75, 3.05) is 6.54 Å². The number of ether oxygens (including phenoxy) is 1. The molecular weight excluding hydrogens is 399 g/mol. The first-order valence-electron chi connectivity index (χ1n) is 10.1. The van der Waals surface area contributed by atoms with Gasteiger partial charge in [-0.05, 0) is 54.7 Å². The molecule has 0 heterocycles. The summed E-state index contributed by atoms with van der Waals surface area (Å²) in [5.41, 5.74) is 2.22. The van der Waals surface area contributed by atoms with Crippen LogP contribution in [0.25, 0.3) is 0 Å². The molecule has 2 aromatic rings. The first kappa shape index (κ1) is 24.1. The van der Waals surface area contributed by atoms with Crippen molar-refractivity contribution >= 4 is 17.8 Å². The molecule has 7 heteroatoms. The minimum atomic E-state index is -1.04. The van der Waals surface area contributed by atoms with E-state index in [4.69, 9.17) is 4.74 Å². The summed E-state index contributed by atoms with van der Waals surface area (Å²) in [6, 6.07) is 12.5. The van der Waals surface area contributed by atoms with Gasteiger partial charge in [-0.15, -0.1) is 0 Å². The van der Waals surface area contributed by atoms with Crippen LogP contribution in [0.15, 0.2) is 48.5 Å². The van der Waals surface area contributed by atoms with Gasteiger partial charge in [-0.2, -0.15) is 0 Å². The third-order valence-electron chi connectivity index (χ3n) is 4.81. The van der Waals surface area contributed by atoms with Crippen molar-refractivity contribution in [3.63, 3.8) is 0 Å². The topological polar surface area (TPSA) is 84.5 Å². The molecule has 166 valence electrons. The second kappa shape index (κ2) is 10.2. The highest BCUT2D eigenvalue weighted by Gasteiger charge is 2.21. The summed E-state index contributed by atoms with van der Waals surface area (Å²) >= 11 is 0. The van der Waals surface area contributed by atoms with Gasteiger partial charge in [-0.25, -0.2) is 4.39 Å². The monoisotopic (exact) mass is 428 g/mol. The van der Waals surface area contributed by atoms with Crippen LogP contribution in [0.3, 0.4) is 0 Å². The smallest absolute Gasteiger partial charge is 0.326 e. The summed E-state index contributed by atoms with van der Waals surface area (Å²) in [7, 11) is 0. The first-order chi connectivity index (χ1) is 14.5. The Labute approximate surface area is 182 Å². The Morgan fingerprint density at radius 3 is 2.10 bits per heavy atom. The lowest BCUT2D eigenvalue weighted by Gasteiger charge is -2.19. The van der Waals surface area contributed by atoms with Crippen molar-refractivity contribution in [1.29, 1.82) is 0 Å². The van der Waals surface area contributed by atoms with Gasteiger partial charge in [0.1, 0.15) is 12.4 Å². The van der Waals surface area contributed by atoms with Gasteiger partial charge in [-0.1, -0.05) is 45.0 Å². The second-order valence-corrected chi connectivity index (χ2v) is 8.42. The Bertz CT molecular complexity index is 918. The van der Waals surface area contributed by atoms with Gasteiger partial charge in [0, 0.05) is 5.56 Å². The molecule has 0 saturated carbocycles. The van der Waals surface area contributed by atoms with Gasteiger partial charge in [0.25, 0.3) is 11.8 Å². The third-order valence-corrected chi connectivity index (χ3v) is 4.81. The molecule has 2 unspecified atom stereocenters. The van der Waals surface area contributed by atoms with Gasteiger partial charge >= 0.3 is 5.97 Å². The number of carbonyl (C=O) groups excluding carboxylic acids is 3. The quantitative estimate of drug-likeness (QED) is 0.659. The summed E-state index contributed by atoms with van der Waals surface area (Å²) in [5, 5.41) is 5.20. The van der Waals surface area contributed by atoms with Crippen molar-refractivity contribution in [3.8, 4) is 0 Å². The maximum Gasteiger partial charge on any atom is 0.326 e. The first-order valence-corrected chi connectivity index (χ1v) is 10.1. The summed E-state index contributed by atoms with van der Waals surface area (Å²) in [5.74, 6) is -1.98. The van der Waals surface area contributed by atoms with Crippen molar-refractivity contribution in [3.05, 3.63) is 71.0 Å². The lowest BCUT2D eigenvalue weighted by atomic mass is 9.87. The molecule has 2 rings (SSSR count). The number of amides is 2. The average Bonchev–Trinajstić information content (AvgIpc) is 2.71. The molecule has 6 nitrogen and oxygen atoms in total. The van der Waals surface area contributed by atoms with Crippen molar-refractivity contribution < 1.29 is 23.5 Å². The molecule has 0 aliphatic carbocycles. The van der Waals surface area contributed by atoms with Crippen LogP contribution >= 0.6 is 0 Å². The maximum absolute atomic E-state index is 13.0. The van der Waals surface area contributed by atoms with E-state index in [-0.39, 0.29) is 23.8 Å². The predicted octanol–water partition coefficient (Wildman–Crippen LogP) is 3.66. The minimum Gasteiger partial charge on any atom is -0.451 e. The number of hydrogen-bond donors (Lipinski definition) is 2. The standard InChI is InChI=1S/C24H29FN2O4/c1-15(17-8-12-20(25)13-9-17)27-22(29)16(2)31-21(28)14-26-23(30)18-6-10-19(11-7-18)24(3,4)5/h6-13,15-16H,14H2,1-5H3,(H,26,30)(H,27,29). The molecule has 0 aliphatic heterocycles. The van der Waals surface area contributed by atoms with Crippen molar-refractivity contribution in [2.24, 2.45) is 0 Å². The van der Waals surface area contributed by atoms with E-state index in [2.05, 4.69) is 31.4 Å². The fourth-order valence-electron chi connectivity index (χ4n) is 2.83.